The number of nitrogens with zero attached hydrogens (tertiary/aromatic N) is 2. The van der Waals surface area contributed by atoms with Crippen LogP contribution in [-0.2, 0) is 20.9 Å². The van der Waals surface area contributed by atoms with Crippen LogP contribution in [0.2, 0.25) is 5.02 Å². The first-order valence-corrected chi connectivity index (χ1v) is 11.8. The summed E-state index contributed by atoms with van der Waals surface area (Å²) in [5.41, 5.74) is 2.51. The number of carbonyl (C=O) groups excluding carboxylic acids is 2. The van der Waals surface area contributed by atoms with Crippen molar-refractivity contribution in [1.82, 2.24) is 15.5 Å². The fourth-order valence-corrected chi connectivity index (χ4v) is 4.30. The lowest BCUT2D eigenvalue weighted by atomic mass is 10.1. The summed E-state index contributed by atoms with van der Waals surface area (Å²) in [4.78, 5) is 40.0. The molecule has 1 aliphatic carbocycles. The van der Waals surface area contributed by atoms with Crippen LogP contribution in [0.1, 0.15) is 35.5 Å². The molecule has 0 radical (unpaired) electrons. The van der Waals surface area contributed by atoms with Crippen LogP contribution in [0.4, 0.5) is 19.3 Å². The molecule has 3 atom stereocenters. The van der Waals surface area contributed by atoms with Crippen molar-refractivity contribution in [3.63, 3.8) is 0 Å². The summed E-state index contributed by atoms with van der Waals surface area (Å²) in [6, 6.07) is 10.1. The van der Waals surface area contributed by atoms with Crippen molar-refractivity contribution < 1.29 is 37.5 Å². The number of pyridine rings is 1. The van der Waals surface area contributed by atoms with Gasteiger partial charge in [-0.15, -0.1) is 0 Å². The number of anilines is 1. The molecule has 0 aliphatic heterocycles. The summed E-state index contributed by atoms with van der Waals surface area (Å²) in [7, 11) is 0. The number of halogens is 3. The maximum absolute atomic E-state index is 13.6. The van der Waals surface area contributed by atoms with Gasteiger partial charge in [-0.05, 0) is 38.5 Å². The number of ether oxygens (including phenoxy) is 1. The first-order chi connectivity index (χ1) is 17.9. The van der Waals surface area contributed by atoms with Gasteiger partial charge in [0, 0.05) is 22.8 Å². The zero-order valence-electron chi connectivity index (χ0n) is 20.4. The Labute approximate surface area is 220 Å². The van der Waals surface area contributed by atoms with E-state index in [9.17, 15) is 23.2 Å². The van der Waals surface area contributed by atoms with E-state index in [2.05, 4.69) is 20.8 Å². The highest BCUT2D eigenvalue weighted by Gasteiger charge is 2.75. The van der Waals surface area contributed by atoms with E-state index in [1.807, 2.05) is 0 Å². The molecule has 10 nitrogen and oxygen atoms in total. The Balaban J connectivity index is 1.43. The van der Waals surface area contributed by atoms with Gasteiger partial charge in [-0.2, -0.15) is 0 Å². The number of hydrogen-bond acceptors (Lipinski definition) is 7. The number of alkyl halides is 2. The SMILES string of the molecule is Cc1nc(-c2onc(C)c2NC(=O)O[C@H](C)c2ccccc2Cl)ccc1CNC(=O)C1C(C(=O)O)C1(F)F. The lowest BCUT2D eigenvalue weighted by molar-refractivity contribution is -0.141. The molecular weight excluding hydrogens is 526 g/mol. The second-order valence-electron chi connectivity index (χ2n) is 8.79. The molecule has 2 aromatic heterocycles. The summed E-state index contributed by atoms with van der Waals surface area (Å²) in [5.74, 6) is -10.1. The minimum Gasteiger partial charge on any atom is -0.481 e. The van der Waals surface area contributed by atoms with E-state index in [4.69, 9.17) is 26.0 Å². The Morgan fingerprint density at radius 2 is 1.87 bits per heavy atom. The average molecular weight is 549 g/mol. The lowest BCUT2D eigenvalue weighted by Gasteiger charge is -2.15. The molecule has 13 heteroatoms. The maximum Gasteiger partial charge on any atom is 0.412 e. The quantitative estimate of drug-likeness (QED) is 0.360. The largest absolute Gasteiger partial charge is 0.481 e. The number of aliphatic carboxylic acids is 1. The number of carboxylic acid groups (broad SMARTS) is 1. The zero-order chi connectivity index (χ0) is 27.8. The minimum atomic E-state index is -3.58. The average Bonchev–Trinajstić information content (AvgIpc) is 3.27. The molecule has 0 saturated heterocycles. The van der Waals surface area contributed by atoms with Gasteiger partial charge in [0.05, 0.1) is 0 Å². The number of hydrogen-bond donors (Lipinski definition) is 3. The van der Waals surface area contributed by atoms with E-state index in [0.29, 0.717) is 33.2 Å². The third-order valence-corrected chi connectivity index (χ3v) is 6.54. The number of nitrogens with one attached hydrogen (secondary N) is 2. The summed E-state index contributed by atoms with van der Waals surface area (Å²) < 4.78 is 38.0. The zero-order valence-corrected chi connectivity index (χ0v) is 21.2. The van der Waals surface area contributed by atoms with Gasteiger partial charge < -0.3 is 19.7 Å². The van der Waals surface area contributed by atoms with Crippen LogP contribution < -0.4 is 10.6 Å². The fourth-order valence-electron chi connectivity index (χ4n) is 4.01. The molecule has 1 aliphatic rings. The van der Waals surface area contributed by atoms with Gasteiger partial charge in [-0.3, -0.25) is 14.9 Å². The van der Waals surface area contributed by atoms with Gasteiger partial charge >= 0.3 is 12.1 Å². The van der Waals surface area contributed by atoms with Crippen molar-refractivity contribution in [2.24, 2.45) is 11.8 Å². The van der Waals surface area contributed by atoms with Crippen molar-refractivity contribution in [3.8, 4) is 11.5 Å². The van der Waals surface area contributed by atoms with Crippen LogP contribution in [-0.4, -0.2) is 39.1 Å². The molecule has 3 aromatic rings. The highest BCUT2D eigenvalue weighted by atomic mass is 35.5. The second-order valence-corrected chi connectivity index (χ2v) is 9.20. The van der Waals surface area contributed by atoms with E-state index in [1.54, 1.807) is 57.2 Å². The van der Waals surface area contributed by atoms with E-state index < -0.39 is 41.8 Å². The fraction of sp³-hybridized carbons (Fsp3) is 0.320. The molecule has 0 spiro atoms. The van der Waals surface area contributed by atoms with Crippen molar-refractivity contribution in [3.05, 3.63) is 63.9 Å². The molecule has 2 heterocycles. The Kier molecular flexibility index (Phi) is 7.36. The first kappa shape index (κ1) is 27.0. The van der Waals surface area contributed by atoms with Gasteiger partial charge in [-0.1, -0.05) is 41.0 Å². The number of aryl methyl sites for hydroxylation is 2. The van der Waals surface area contributed by atoms with Crippen molar-refractivity contribution in [2.75, 3.05) is 5.32 Å². The van der Waals surface area contributed by atoms with Crippen LogP contribution in [0.15, 0.2) is 40.9 Å². The van der Waals surface area contributed by atoms with Gasteiger partial charge in [0.2, 0.25) is 11.7 Å². The highest BCUT2D eigenvalue weighted by Crippen LogP contribution is 2.55. The molecule has 1 fully saturated rings. The van der Waals surface area contributed by atoms with Crippen molar-refractivity contribution in [2.45, 2.75) is 39.3 Å². The van der Waals surface area contributed by atoms with E-state index in [-0.39, 0.29) is 18.0 Å². The second kappa shape index (κ2) is 10.4. The van der Waals surface area contributed by atoms with E-state index in [1.165, 1.54) is 0 Å². The normalized spacial score (nSPS) is 18.4. The summed E-state index contributed by atoms with van der Waals surface area (Å²) >= 11 is 6.17. The van der Waals surface area contributed by atoms with Crippen LogP contribution in [0.5, 0.6) is 0 Å². The van der Waals surface area contributed by atoms with Crippen molar-refractivity contribution in [1.29, 1.82) is 0 Å². The number of rotatable bonds is 8. The van der Waals surface area contributed by atoms with Crippen LogP contribution >= 0.6 is 11.6 Å². The molecule has 2 amide bonds. The topological polar surface area (TPSA) is 144 Å². The summed E-state index contributed by atoms with van der Waals surface area (Å²) in [6.45, 7) is 4.79. The molecule has 38 heavy (non-hydrogen) atoms. The van der Waals surface area contributed by atoms with Crippen LogP contribution in [0.25, 0.3) is 11.5 Å². The molecule has 4 rings (SSSR count). The molecule has 1 saturated carbocycles. The first-order valence-electron chi connectivity index (χ1n) is 11.4. The molecule has 1 aromatic carbocycles. The van der Waals surface area contributed by atoms with Crippen LogP contribution in [0, 0.1) is 25.7 Å². The minimum absolute atomic E-state index is 0.135. The molecular formula is C25H23ClF2N4O6. The van der Waals surface area contributed by atoms with Crippen molar-refractivity contribution >= 4 is 35.3 Å². The Hall–Kier alpha value is -4.06. The Morgan fingerprint density at radius 1 is 1.16 bits per heavy atom. The third-order valence-electron chi connectivity index (χ3n) is 6.20. The van der Waals surface area contributed by atoms with E-state index >= 15 is 0 Å². The summed E-state index contributed by atoms with van der Waals surface area (Å²) in [5, 5.41) is 18.1. The maximum atomic E-state index is 13.6. The predicted molar refractivity (Wildman–Crippen MR) is 131 cm³/mol. The molecule has 0 bridgehead atoms. The molecule has 3 N–H and O–H groups in total. The lowest BCUT2D eigenvalue weighted by Crippen LogP contribution is -2.27. The van der Waals surface area contributed by atoms with Gasteiger partial charge in [0.15, 0.2) is 0 Å². The van der Waals surface area contributed by atoms with Gasteiger partial charge in [0.1, 0.15) is 35.0 Å². The number of carboxylic acids is 1. The van der Waals surface area contributed by atoms with Gasteiger partial charge in [0.25, 0.3) is 5.92 Å². The Bertz CT molecular complexity index is 1410. The predicted octanol–water partition coefficient (Wildman–Crippen LogP) is 4.90. The van der Waals surface area contributed by atoms with Crippen LogP contribution in [0.3, 0.4) is 0 Å². The Morgan fingerprint density at radius 3 is 2.50 bits per heavy atom. The molecule has 200 valence electrons. The van der Waals surface area contributed by atoms with Gasteiger partial charge in [-0.25, -0.2) is 18.6 Å². The number of carbonyl (C=O) groups is 3. The van der Waals surface area contributed by atoms with E-state index in [0.717, 1.165) is 0 Å². The molecule has 2 unspecified atom stereocenters. The standard InChI is InChI=1S/C25H23ClF2N4O6/c1-11-14(10-29-22(33)18-19(23(34)35)25(18,27)28)8-9-17(30-11)21-20(12(2)32-38-21)31-24(36)37-13(3)15-6-4-5-7-16(15)26/h4-9,13,18-19H,10H2,1-3H3,(H,29,33)(H,31,36)(H,34,35)/t13-,18?,19?/m1/s1. The number of aromatic nitrogens is 2. The number of benzene rings is 1. The number of amides is 2. The smallest absolute Gasteiger partial charge is 0.412 e. The summed E-state index contributed by atoms with van der Waals surface area (Å²) in [6.07, 6.45) is -1.40. The third kappa shape index (κ3) is 5.30. The monoisotopic (exact) mass is 548 g/mol. The highest BCUT2D eigenvalue weighted by molar-refractivity contribution is 6.31.